The maximum atomic E-state index is 12.3. The normalized spacial score (nSPS) is 13.6. The molecule has 21 heavy (non-hydrogen) atoms. The smallest absolute Gasteiger partial charge is 0.263 e. The molecule has 0 aromatic heterocycles. The van der Waals surface area contributed by atoms with Crippen LogP contribution in [0.3, 0.4) is 0 Å². The van der Waals surface area contributed by atoms with E-state index in [1.165, 1.54) is 5.56 Å². The van der Waals surface area contributed by atoms with Gasteiger partial charge in [0.15, 0.2) is 6.10 Å². The van der Waals surface area contributed by atoms with Gasteiger partial charge in [0.05, 0.1) is 0 Å². The molecular weight excluding hydrogens is 264 g/mol. The average molecular weight is 292 g/mol. The molecule has 0 aliphatic carbocycles. The number of carbonyl (C=O) groups excluding carboxylic acids is 1. The first kappa shape index (κ1) is 17.5. The topological polar surface area (TPSA) is 55.6 Å². The quantitative estimate of drug-likeness (QED) is 0.840. The highest BCUT2D eigenvalue weighted by Crippen LogP contribution is 2.23. The molecule has 1 aromatic carbocycles. The van der Waals surface area contributed by atoms with Crippen LogP contribution in [0, 0.1) is 6.92 Å². The summed E-state index contributed by atoms with van der Waals surface area (Å²) in [7, 11) is 0. The van der Waals surface area contributed by atoms with Gasteiger partial charge in [-0.3, -0.25) is 4.79 Å². The molecule has 1 aromatic rings. The minimum Gasteiger partial charge on any atom is -0.481 e. The van der Waals surface area contributed by atoms with E-state index in [1.807, 2.05) is 39.8 Å². The highest BCUT2D eigenvalue weighted by molar-refractivity contribution is 5.80. The van der Waals surface area contributed by atoms with E-state index >= 15 is 0 Å². The molecule has 2 unspecified atom stereocenters. The van der Waals surface area contributed by atoms with Crippen molar-refractivity contribution in [3.8, 4) is 5.75 Å². The summed E-state index contributed by atoms with van der Waals surface area (Å²) in [6.45, 7) is 11.2. The number of nitrogens with two attached hydrogens (primary N) is 1. The Hall–Kier alpha value is -1.55. The van der Waals surface area contributed by atoms with E-state index in [0.717, 1.165) is 17.7 Å². The minimum absolute atomic E-state index is 0.0207. The first-order valence-electron chi connectivity index (χ1n) is 7.69. The van der Waals surface area contributed by atoms with Crippen molar-refractivity contribution in [2.75, 3.05) is 13.1 Å². The van der Waals surface area contributed by atoms with Gasteiger partial charge in [-0.25, -0.2) is 0 Å². The van der Waals surface area contributed by atoms with Crippen LogP contribution in [0.2, 0.25) is 0 Å². The molecule has 0 bridgehead atoms. The zero-order chi connectivity index (χ0) is 16.0. The molecular formula is C17H28N2O2. The van der Waals surface area contributed by atoms with Crippen molar-refractivity contribution in [2.45, 2.75) is 53.2 Å². The molecule has 1 amide bonds. The second-order valence-corrected chi connectivity index (χ2v) is 5.56. The van der Waals surface area contributed by atoms with Crippen molar-refractivity contribution in [3.05, 3.63) is 29.3 Å². The van der Waals surface area contributed by atoms with Crippen molar-refractivity contribution in [1.29, 1.82) is 0 Å². The molecule has 0 saturated heterocycles. The number of likely N-dealkylation sites (N-methyl/N-ethyl adjacent to an activating group) is 1. The number of ether oxygens (including phenoxy) is 1. The van der Waals surface area contributed by atoms with Crippen LogP contribution in [-0.4, -0.2) is 36.0 Å². The number of nitrogens with zero attached hydrogens (tertiary/aromatic N) is 1. The fourth-order valence-corrected chi connectivity index (χ4v) is 2.36. The summed E-state index contributed by atoms with van der Waals surface area (Å²) < 4.78 is 5.90. The van der Waals surface area contributed by atoms with Crippen molar-refractivity contribution < 1.29 is 9.53 Å². The monoisotopic (exact) mass is 292 g/mol. The number of hydrogen-bond donors (Lipinski definition) is 1. The second-order valence-electron chi connectivity index (χ2n) is 5.56. The van der Waals surface area contributed by atoms with Crippen LogP contribution in [0.4, 0.5) is 0 Å². The first-order chi connectivity index (χ1) is 9.88. The standard InChI is InChI=1S/C17H28N2O2/c1-6-19(7-2)17(20)14(5)21-16-9-8-12(3)10-15(16)11-13(4)18/h8-10,13-14H,6-7,11,18H2,1-5H3. The van der Waals surface area contributed by atoms with E-state index in [9.17, 15) is 4.79 Å². The Bertz CT molecular complexity index is 468. The molecule has 0 fully saturated rings. The van der Waals surface area contributed by atoms with Crippen LogP contribution in [0.15, 0.2) is 18.2 Å². The van der Waals surface area contributed by atoms with Gasteiger partial charge in [-0.05, 0) is 52.7 Å². The number of benzene rings is 1. The van der Waals surface area contributed by atoms with E-state index < -0.39 is 6.10 Å². The highest BCUT2D eigenvalue weighted by Gasteiger charge is 2.21. The van der Waals surface area contributed by atoms with Gasteiger partial charge in [0.2, 0.25) is 0 Å². The Balaban J connectivity index is 2.88. The number of amides is 1. The summed E-state index contributed by atoms with van der Waals surface area (Å²) in [5, 5.41) is 0. The van der Waals surface area contributed by atoms with Gasteiger partial charge in [0.25, 0.3) is 5.91 Å². The van der Waals surface area contributed by atoms with Gasteiger partial charge < -0.3 is 15.4 Å². The molecule has 0 aliphatic rings. The van der Waals surface area contributed by atoms with Crippen molar-refractivity contribution in [1.82, 2.24) is 4.90 Å². The number of rotatable bonds is 7. The second kappa shape index (κ2) is 8.03. The molecule has 118 valence electrons. The van der Waals surface area contributed by atoms with E-state index in [4.69, 9.17) is 10.5 Å². The predicted molar refractivity (Wildman–Crippen MR) is 86.6 cm³/mol. The van der Waals surface area contributed by atoms with Gasteiger partial charge in [-0.1, -0.05) is 17.7 Å². The summed E-state index contributed by atoms with van der Waals surface area (Å²) in [5.74, 6) is 0.776. The molecule has 0 spiro atoms. The Labute approximate surface area is 128 Å². The molecule has 0 aliphatic heterocycles. The molecule has 0 heterocycles. The summed E-state index contributed by atoms with van der Waals surface area (Å²) in [4.78, 5) is 14.1. The van der Waals surface area contributed by atoms with Gasteiger partial charge >= 0.3 is 0 Å². The Morgan fingerprint density at radius 1 is 1.29 bits per heavy atom. The van der Waals surface area contributed by atoms with Crippen molar-refractivity contribution in [2.24, 2.45) is 5.73 Å². The molecule has 0 saturated carbocycles. The predicted octanol–water partition coefficient (Wildman–Crippen LogP) is 2.52. The summed E-state index contributed by atoms with van der Waals surface area (Å²) in [6, 6.07) is 6.06. The summed E-state index contributed by atoms with van der Waals surface area (Å²) in [6.07, 6.45) is 0.253. The van der Waals surface area contributed by atoms with Crippen molar-refractivity contribution in [3.63, 3.8) is 0 Å². The third-order valence-electron chi connectivity index (χ3n) is 3.48. The Morgan fingerprint density at radius 2 is 1.90 bits per heavy atom. The van der Waals surface area contributed by atoms with Crippen LogP contribution < -0.4 is 10.5 Å². The lowest BCUT2D eigenvalue weighted by atomic mass is 10.0. The molecule has 2 atom stereocenters. The lowest BCUT2D eigenvalue weighted by molar-refractivity contribution is -0.137. The average Bonchev–Trinajstić information content (AvgIpc) is 2.42. The number of aryl methyl sites for hydroxylation is 1. The van der Waals surface area contributed by atoms with E-state index in [0.29, 0.717) is 13.1 Å². The molecule has 2 N–H and O–H groups in total. The van der Waals surface area contributed by atoms with Crippen molar-refractivity contribution >= 4 is 5.91 Å². The first-order valence-corrected chi connectivity index (χ1v) is 7.69. The largest absolute Gasteiger partial charge is 0.481 e. The highest BCUT2D eigenvalue weighted by atomic mass is 16.5. The lowest BCUT2D eigenvalue weighted by Crippen LogP contribution is -2.40. The van der Waals surface area contributed by atoms with Gasteiger partial charge in [-0.15, -0.1) is 0 Å². The fourth-order valence-electron chi connectivity index (χ4n) is 2.36. The van der Waals surface area contributed by atoms with E-state index in [2.05, 4.69) is 6.07 Å². The Kier molecular flexibility index (Phi) is 6.69. The molecule has 0 radical (unpaired) electrons. The molecule has 4 nitrogen and oxygen atoms in total. The maximum absolute atomic E-state index is 12.3. The Morgan fingerprint density at radius 3 is 2.43 bits per heavy atom. The SMILES string of the molecule is CCN(CC)C(=O)C(C)Oc1ccc(C)cc1CC(C)N. The van der Waals surface area contributed by atoms with Gasteiger partial charge in [-0.2, -0.15) is 0 Å². The van der Waals surface area contributed by atoms with E-state index in [-0.39, 0.29) is 11.9 Å². The zero-order valence-electron chi connectivity index (χ0n) is 13.8. The van der Waals surface area contributed by atoms with Crippen LogP contribution in [0.25, 0.3) is 0 Å². The van der Waals surface area contributed by atoms with Crippen LogP contribution in [0.5, 0.6) is 5.75 Å². The van der Waals surface area contributed by atoms with Gasteiger partial charge in [0.1, 0.15) is 5.75 Å². The third-order valence-corrected chi connectivity index (χ3v) is 3.48. The molecule has 4 heteroatoms. The zero-order valence-corrected chi connectivity index (χ0v) is 13.8. The number of hydrogen-bond acceptors (Lipinski definition) is 3. The fraction of sp³-hybridized carbons (Fsp3) is 0.588. The van der Waals surface area contributed by atoms with Crippen LogP contribution >= 0.6 is 0 Å². The van der Waals surface area contributed by atoms with E-state index in [1.54, 1.807) is 11.8 Å². The van der Waals surface area contributed by atoms with Crippen LogP contribution in [-0.2, 0) is 11.2 Å². The summed E-state index contributed by atoms with van der Waals surface area (Å²) >= 11 is 0. The number of carbonyl (C=O) groups is 1. The molecule has 1 rings (SSSR count). The third kappa shape index (κ3) is 5.05. The van der Waals surface area contributed by atoms with Gasteiger partial charge in [0, 0.05) is 19.1 Å². The van der Waals surface area contributed by atoms with Crippen LogP contribution in [0.1, 0.15) is 38.8 Å². The lowest BCUT2D eigenvalue weighted by Gasteiger charge is -2.24. The minimum atomic E-state index is -0.487. The summed E-state index contributed by atoms with van der Waals surface area (Å²) in [5.41, 5.74) is 8.12. The maximum Gasteiger partial charge on any atom is 0.263 e.